The minimum Gasteiger partial charge on any atom is -0.486 e. The largest absolute Gasteiger partial charge is 0.486 e. The van der Waals surface area contributed by atoms with Crippen molar-refractivity contribution in [1.82, 2.24) is 4.90 Å². The summed E-state index contributed by atoms with van der Waals surface area (Å²) in [5, 5.41) is 0. The zero-order valence-electron chi connectivity index (χ0n) is 11.6. The normalized spacial score (nSPS) is 13.2. The summed E-state index contributed by atoms with van der Waals surface area (Å²) in [5.74, 6) is 1.45. The van der Waals surface area contributed by atoms with Crippen LogP contribution >= 0.6 is 0 Å². The summed E-state index contributed by atoms with van der Waals surface area (Å²) in [5.41, 5.74) is 0.669. The monoisotopic (exact) mass is 263 g/mol. The van der Waals surface area contributed by atoms with Crippen molar-refractivity contribution < 1.29 is 14.3 Å². The average molecular weight is 263 g/mol. The van der Waals surface area contributed by atoms with E-state index in [9.17, 15) is 4.79 Å². The number of rotatable bonds is 5. The van der Waals surface area contributed by atoms with Gasteiger partial charge in [0.05, 0.1) is 0 Å². The summed E-state index contributed by atoms with van der Waals surface area (Å²) in [4.78, 5) is 14.3. The quantitative estimate of drug-likeness (QED) is 0.820. The lowest BCUT2D eigenvalue weighted by atomic mass is 10.1. The van der Waals surface area contributed by atoms with E-state index in [1.807, 2.05) is 24.0 Å². The lowest BCUT2D eigenvalue weighted by molar-refractivity contribution is 0.0761. The molecule has 1 aliphatic rings. The second-order valence-corrected chi connectivity index (χ2v) is 4.60. The van der Waals surface area contributed by atoms with Crippen molar-refractivity contribution in [2.75, 3.05) is 26.3 Å². The number of amides is 1. The Morgan fingerprint density at radius 1 is 1.21 bits per heavy atom. The Bertz CT molecular complexity index is 445. The number of nitrogens with zero attached hydrogens (tertiary/aromatic N) is 1. The summed E-state index contributed by atoms with van der Waals surface area (Å²) in [6.07, 6.45) is 2.12. The van der Waals surface area contributed by atoms with Gasteiger partial charge >= 0.3 is 0 Å². The van der Waals surface area contributed by atoms with Gasteiger partial charge in [-0.3, -0.25) is 4.79 Å². The molecule has 0 spiro atoms. The molecule has 1 heterocycles. The van der Waals surface area contributed by atoms with E-state index in [0.29, 0.717) is 24.5 Å². The number of carbonyl (C=O) groups is 1. The fourth-order valence-electron chi connectivity index (χ4n) is 2.11. The predicted molar refractivity (Wildman–Crippen MR) is 73.9 cm³/mol. The molecule has 1 aliphatic heterocycles. The van der Waals surface area contributed by atoms with Gasteiger partial charge in [0, 0.05) is 18.7 Å². The number of carbonyl (C=O) groups excluding carboxylic acids is 1. The van der Waals surface area contributed by atoms with Crippen LogP contribution in [0.3, 0.4) is 0 Å². The van der Waals surface area contributed by atoms with Crippen molar-refractivity contribution in [2.45, 2.75) is 26.7 Å². The molecule has 0 fully saturated rings. The molecule has 4 heteroatoms. The molecule has 1 amide bonds. The highest BCUT2D eigenvalue weighted by molar-refractivity contribution is 5.95. The number of ether oxygens (including phenoxy) is 2. The highest BCUT2D eigenvalue weighted by atomic mass is 16.6. The second-order valence-electron chi connectivity index (χ2n) is 4.60. The van der Waals surface area contributed by atoms with E-state index in [0.717, 1.165) is 31.7 Å². The number of hydrogen-bond acceptors (Lipinski definition) is 3. The van der Waals surface area contributed by atoms with Gasteiger partial charge in [-0.25, -0.2) is 0 Å². The van der Waals surface area contributed by atoms with Crippen LogP contribution in [0.4, 0.5) is 0 Å². The first-order valence-corrected chi connectivity index (χ1v) is 6.95. The van der Waals surface area contributed by atoms with Crippen LogP contribution in [0, 0.1) is 0 Å². The fraction of sp³-hybridized carbons (Fsp3) is 0.533. The van der Waals surface area contributed by atoms with E-state index in [1.165, 1.54) is 0 Å². The molecule has 0 N–H and O–H groups in total. The molecule has 1 aromatic carbocycles. The lowest BCUT2D eigenvalue weighted by Crippen LogP contribution is -2.31. The third kappa shape index (κ3) is 3.19. The summed E-state index contributed by atoms with van der Waals surface area (Å²) in [7, 11) is 0. The third-order valence-electron chi connectivity index (χ3n) is 3.24. The van der Waals surface area contributed by atoms with Gasteiger partial charge in [0.1, 0.15) is 13.2 Å². The van der Waals surface area contributed by atoms with Gasteiger partial charge in [-0.05, 0) is 31.5 Å². The topological polar surface area (TPSA) is 38.8 Å². The van der Waals surface area contributed by atoms with Crippen LogP contribution in [-0.2, 0) is 0 Å². The van der Waals surface area contributed by atoms with Crippen LogP contribution in [-0.4, -0.2) is 37.1 Å². The van der Waals surface area contributed by atoms with E-state index in [-0.39, 0.29) is 5.91 Å². The van der Waals surface area contributed by atoms with Crippen LogP contribution in [0.2, 0.25) is 0 Å². The number of hydrogen-bond donors (Lipinski definition) is 0. The van der Waals surface area contributed by atoms with Crippen molar-refractivity contribution in [3.63, 3.8) is 0 Å². The average Bonchev–Trinajstić information content (AvgIpc) is 2.47. The molecule has 0 bridgehead atoms. The lowest BCUT2D eigenvalue weighted by Gasteiger charge is -2.22. The van der Waals surface area contributed by atoms with Crippen LogP contribution in [0.25, 0.3) is 0 Å². The van der Waals surface area contributed by atoms with Gasteiger partial charge < -0.3 is 14.4 Å². The number of benzene rings is 1. The summed E-state index contributed by atoms with van der Waals surface area (Å²) < 4.78 is 11.0. The molecule has 104 valence electrons. The highest BCUT2D eigenvalue weighted by Crippen LogP contribution is 2.31. The van der Waals surface area contributed by atoms with Gasteiger partial charge in [-0.1, -0.05) is 13.3 Å². The Kier molecular flexibility index (Phi) is 4.66. The highest BCUT2D eigenvalue weighted by Gasteiger charge is 2.18. The van der Waals surface area contributed by atoms with E-state index in [1.54, 1.807) is 6.07 Å². The van der Waals surface area contributed by atoms with Crippen LogP contribution < -0.4 is 9.47 Å². The second kappa shape index (κ2) is 6.45. The smallest absolute Gasteiger partial charge is 0.253 e. The first-order valence-electron chi connectivity index (χ1n) is 6.95. The van der Waals surface area contributed by atoms with Crippen molar-refractivity contribution in [3.8, 4) is 11.5 Å². The van der Waals surface area contributed by atoms with E-state index in [2.05, 4.69) is 6.92 Å². The standard InChI is InChI=1S/C15H21NO3/c1-3-5-8-16(4-2)15(17)12-6-7-13-14(11-12)19-10-9-18-13/h6-7,11H,3-5,8-10H2,1-2H3. The molecule has 2 rings (SSSR count). The summed E-state index contributed by atoms with van der Waals surface area (Å²) in [6.45, 7) is 6.78. The Morgan fingerprint density at radius 2 is 1.95 bits per heavy atom. The molecule has 1 aromatic rings. The van der Waals surface area contributed by atoms with Crippen LogP contribution in [0.5, 0.6) is 11.5 Å². The number of fused-ring (bicyclic) bond motifs is 1. The minimum absolute atomic E-state index is 0.0629. The van der Waals surface area contributed by atoms with Crippen molar-refractivity contribution in [3.05, 3.63) is 23.8 Å². The number of unbranched alkanes of at least 4 members (excludes halogenated alkanes) is 1. The Balaban J connectivity index is 2.13. The molecule has 0 unspecified atom stereocenters. The molecule has 4 nitrogen and oxygen atoms in total. The van der Waals surface area contributed by atoms with Crippen molar-refractivity contribution in [1.29, 1.82) is 0 Å². The van der Waals surface area contributed by atoms with E-state index in [4.69, 9.17) is 9.47 Å². The molecule has 0 atom stereocenters. The fourth-order valence-corrected chi connectivity index (χ4v) is 2.11. The zero-order chi connectivity index (χ0) is 13.7. The summed E-state index contributed by atoms with van der Waals surface area (Å²) in [6, 6.07) is 5.41. The summed E-state index contributed by atoms with van der Waals surface area (Å²) >= 11 is 0. The molecule has 0 aromatic heterocycles. The molecule has 0 radical (unpaired) electrons. The van der Waals surface area contributed by atoms with Crippen molar-refractivity contribution in [2.24, 2.45) is 0 Å². The van der Waals surface area contributed by atoms with Gasteiger partial charge in [0.15, 0.2) is 11.5 Å². The maximum Gasteiger partial charge on any atom is 0.253 e. The Labute approximate surface area is 114 Å². The van der Waals surface area contributed by atoms with Gasteiger partial charge in [-0.2, -0.15) is 0 Å². The maximum absolute atomic E-state index is 12.4. The Morgan fingerprint density at radius 3 is 2.63 bits per heavy atom. The third-order valence-corrected chi connectivity index (χ3v) is 3.24. The first kappa shape index (κ1) is 13.7. The van der Waals surface area contributed by atoms with Gasteiger partial charge in [0.25, 0.3) is 5.91 Å². The van der Waals surface area contributed by atoms with Gasteiger partial charge in [-0.15, -0.1) is 0 Å². The SMILES string of the molecule is CCCCN(CC)C(=O)c1ccc2c(c1)OCCO2. The predicted octanol–water partition coefficient (Wildman–Crippen LogP) is 2.72. The van der Waals surface area contributed by atoms with Crippen molar-refractivity contribution >= 4 is 5.91 Å². The van der Waals surface area contributed by atoms with E-state index >= 15 is 0 Å². The minimum atomic E-state index is 0.0629. The molecule has 0 aliphatic carbocycles. The van der Waals surface area contributed by atoms with Gasteiger partial charge in [0.2, 0.25) is 0 Å². The van der Waals surface area contributed by atoms with Crippen LogP contribution in [0.1, 0.15) is 37.0 Å². The zero-order valence-corrected chi connectivity index (χ0v) is 11.6. The maximum atomic E-state index is 12.4. The molecular formula is C15H21NO3. The molecule has 19 heavy (non-hydrogen) atoms. The first-order chi connectivity index (χ1) is 9.26. The van der Waals surface area contributed by atoms with E-state index < -0.39 is 0 Å². The Hall–Kier alpha value is -1.71. The molecular weight excluding hydrogens is 242 g/mol. The molecule has 0 saturated heterocycles. The van der Waals surface area contributed by atoms with Crippen LogP contribution in [0.15, 0.2) is 18.2 Å². The molecule has 0 saturated carbocycles.